The molecule has 1 N–H and O–H groups in total. The molecular formula is C20H21FN4O4S. The van der Waals surface area contributed by atoms with Crippen LogP contribution in [0, 0.1) is 12.7 Å². The number of halogens is 1. The Bertz CT molecular complexity index is 1130. The first-order valence-electron chi connectivity index (χ1n) is 9.44. The fraction of sp³-hybridized carbons (Fsp3) is 0.300. The van der Waals surface area contributed by atoms with Crippen molar-refractivity contribution in [2.24, 2.45) is 0 Å². The zero-order chi connectivity index (χ0) is 21.1. The standard InChI is InChI=1S/C20H21FN4O4S/c1-14-2-4-15(5-3-14)20-23-19(29-24-20)13-22-16-6-7-17(21)18(12-16)30(26,27)25-8-10-28-11-9-25/h2-7,12,22H,8-11,13H2,1H3. The smallest absolute Gasteiger partial charge is 0.246 e. The number of benzene rings is 2. The van der Waals surface area contributed by atoms with Crippen molar-refractivity contribution in [2.75, 3.05) is 31.6 Å². The van der Waals surface area contributed by atoms with Gasteiger partial charge in [0.05, 0.1) is 19.8 Å². The molecule has 4 rings (SSSR count). The lowest BCUT2D eigenvalue weighted by Gasteiger charge is -2.26. The molecule has 0 amide bonds. The second-order valence-electron chi connectivity index (χ2n) is 6.89. The van der Waals surface area contributed by atoms with Gasteiger partial charge in [0.1, 0.15) is 10.7 Å². The fourth-order valence-electron chi connectivity index (χ4n) is 3.06. The minimum atomic E-state index is -3.95. The molecule has 0 unspecified atom stereocenters. The number of morpholine rings is 1. The van der Waals surface area contributed by atoms with Gasteiger partial charge in [0.15, 0.2) is 0 Å². The fourth-order valence-corrected chi connectivity index (χ4v) is 4.56. The predicted molar refractivity (Wildman–Crippen MR) is 108 cm³/mol. The maximum atomic E-state index is 14.3. The molecule has 0 radical (unpaired) electrons. The van der Waals surface area contributed by atoms with Gasteiger partial charge in [-0.3, -0.25) is 0 Å². The number of ether oxygens (including phenoxy) is 1. The summed E-state index contributed by atoms with van der Waals surface area (Å²) in [6.45, 7) is 3.14. The third-order valence-corrected chi connectivity index (χ3v) is 6.65. The highest BCUT2D eigenvalue weighted by molar-refractivity contribution is 7.89. The number of aryl methyl sites for hydroxylation is 1. The summed E-state index contributed by atoms with van der Waals surface area (Å²) in [5, 5.41) is 6.97. The number of anilines is 1. The second kappa shape index (κ2) is 8.50. The maximum Gasteiger partial charge on any atom is 0.246 e. The van der Waals surface area contributed by atoms with E-state index in [1.807, 2.05) is 31.2 Å². The Hall–Kier alpha value is -2.82. The van der Waals surface area contributed by atoms with E-state index in [1.165, 1.54) is 16.4 Å². The maximum absolute atomic E-state index is 14.3. The Balaban J connectivity index is 1.48. The van der Waals surface area contributed by atoms with Gasteiger partial charge in [-0.25, -0.2) is 12.8 Å². The summed E-state index contributed by atoms with van der Waals surface area (Å²) in [6.07, 6.45) is 0. The van der Waals surface area contributed by atoms with Crippen LogP contribution in [0.25, 0.3) is 11.4 Å². The summed E-state index contributed by atoms with van der Waals surface area (Å²) >= 11 is 0. The summed E-state index contributed by atoms with van der Waals surface area (Å²) in [7, 11) is -3.95. The van der Waals surface area contributed by atoms with Gasteiger partial charge in [-0.2, -0.15) is 9.29 Å². The van der Waals surface area contributed by atoms with E-state index in [0.717, 1.165) is 17.2 Å². The van der Waals surface area contributed by atoms with E-state index < -0.39 is 15.8 Å². The van der Waals surface area contributed by atoms with Gasteiger partial charge >= 0.3 is 0 Å². The van der Waals surface area contributed by atoms with Crippen LogP contribution in [0.1, 0.15) is 11.5 Å². The van der Waals surface area contributed by atoms with Crippen molar-refractivity contribution in [2.45, 2.75) is 18.4 Å². The normalized spacial score (nSPS) is 15.3. The van der Waals surface area contributed by atoms with Crippen LogP contribution in [0.3, 0.4) is 0 Å². The van der Waals surface area contributed by atoms with Crippen molar-refractivity contribution in [3.05, 3.63) is 59.7 Å². The molecule has 8 nitrogen and oxygen atoms in total. The van der Waals surface area contributed by atoms with Crippen LogP contribution in [0.4, 0.5) is 10.1 Å². The molecule has 2 aromatic carbocycles. The van der Waals surface area contributed by atoms with Crippen LogP contribution in [0.15, 0.2) is 51.9 Å². The van der Waals surface area contributed by atoms with E-state index in [2.05, 4.69) is 15.5 Å². The zero-order valence-corrected chi connectivity index (χ0v) is 17.2. The number of hydrogen-bond acceptors (Lipinski definition) is 7. The van der Waals surface area contributed by atoms with Crippen molar-refractivity contribution in [3.63, 3.8) is 0 Å². The lowest BCUT2D eigenvalue weighted by Crippen LogP contribution is -2.40. The molecule has 1 fully saturated rings. The van der Waals surface area contributed by atoms with Crippen molar-refractivity contribution >= 4 is 15.7 Å². The molecule has 0 spiro atoms. The second-order valence-corrected chi connectivity index (χ2v) is 8.80. The summed E-state index contributed by atoms with van der Waals surface area (Å²) in [4.78, 5) is 3.96. The Kier molecular flexibility index (Phi) is 5.80. The van der Waals surface area contributed by atoms with Crippen molar-refractivity contribution < 1.29 is 22.1 Å². The van der Waals surface area contributed by atoms with Crippen LogP contribution in [-0.4, -0.2) is 49.2 Å². The van der Waals surface area contributed by atoms with Crippen molar-refractivity contribution in [1.29, 1.82) is 0 Å². The van der Waals surface area contributed by atoms with Crippen LogP contribution >= 0.6 is 0 Å². The molecule has 2 heterocycles. The van der Waals surface area contributed by atoms with E-state index in [4.69, 9.17) is 9.26 Å². The van der Waals surface area contributed by atoms with Gasteiger partial charge in [-0.05, 0) is 25.1 Å². The molecule has 1 saturated heterocycles. The molecule has 0 aliphatic carbocycles. The average Bonchev–Trinajstić information content (AvgIpc) is 3.23. The van der Waals surface area contributed by atoms with Gasteiger partial charge in [-0.15, -0.1) is 0 Å². The highest BCUT2D eigenvalue weighted by Crippen LogP contribution is 2.24. The monoisotopic (exact) mass is 432 g/mol. The molecule has 30 heavy (non-hydrogen) atoms. The van der Waals surface area contributed by atoms with Crippen molar-refractivity contribution in [3.8, 4) is 11.4 Å². The number of sulfonamides is 1. The number of nitrogens with zero attached hydrogens (tertiary/aromatic N) is 3. The van der Waals surface area contributed by atoms with E-state index in [1.54, 1.807) is 0 Å². The lowest BCUT2D eigenvalue weighted by molar-refractivity contribution is 0.0729. The molecule has 1 aliphatic heterocycles. The minimum absolute atomic E-state index is 0.168. The van der Waals surface area contributed by atoms with Crippen molar-refractivity contribution in [1.82, 2.24) is 14.4 Å². The molecule has 0 saturated carbocycles. The summed E-state index contributed by atoms with van der Waals surface area (Å²) in [6, 6.07) is 11.6. The SMILES string of the molecule is Cc1ccc(-c2noc(CNc3ccc(F)c(S(=O)(=O)N4CCOCC4)c3)n2)cc1. The molecule has 1 aliphatic rings. The molecule has 0 bridgehead atoms. The highest BCUT2D eigenvalue weighted by Gasteiger charge is 2.29. The molecule has 10 heteroatoms. The zero-order valence-electron chi connectivity index (χ0n) is 16.3. The van der Waals surface area contributed by atoms with E-state index in [9.17, 15) is 12.8 Å². The van der Waals surface area contributed by atoms with Gasteiger partial charge in [0.25, 0.3) is 0 Å². The summed E-state index contributed by atoms with van der Waals surface area (Å²) in [5.41, 5.74) is 2.39. The van der Waals surface area contributed by atoms with Crippen LogP contribution in [0.5, 0.6) is 0 Å². The number of aromatic nitrogens is 2. The van der Waals surface area contributed by atoms with Gasteiger partial charge in [0, 0.05) is 24.3 Å². The number of rotatable bonds is 6. The van der Waals surface area contributed by atoms with Crippen LogP contribution in [0.2, 0.25) is 0 Å². The minimum Gasteiger partial charge on any atom is -0.379 e. The molecule has 0 atom stereocenters. The summed E-state index contributed by atoms with van der Waals surface area (Å²) < 4.78 is 51.5. The third-order valence-electron chi connectivity index (χ3n) is 4.74. The van der Waals surface area contributed by atoms with E-state index in [-0.39, 0.29) is 24.5 Å². The topological polar surface area (TPSA) is 97.6 Å². The quantitative estimate of drug-likeness (QED) is 0.640. The Morgan fingerprint density at radius 3 is 2.60 bits per heavy atom. The first-order valence-corrected chi connectivity index (χ1v) is 10.9. The largest absolute Gasteiger partial charge is 0.379 e. The van der Waals surface area contributed by atoms with Crippen LogP contribution < -0.4 is 5.32 Å². The van der Waals surface area contributed by atoms with E-state index >= 15 is 0 Å². The van der Waals surface area contributed by atoms with Gasteiger partial charge in [-0.1, -0.05) is 35.0 Å². The first-order chi connectivity index (χ1) is 14.4. The lowest BCUT2D eigenvalue weighted by atomic mass is 10.1. The van der Waals surface area contributed by atoms with Crippen LogP contribution in [-0.2, 0) is 21.3 Å². The first kappa shape index (κ1) is 20.5. The molecular weight excluding hydrogens is 411 g/mol. The summed E-state index contributed by atoms with van der Waals surface area (Å²) in [5.74, 6) is -0.0135. The highest BCUT2D eigenvalue weighted by atomic mass is 32.2. The predicted octanol–water partition coefficient (Wildman–Crippen LogP) is 2.82. The molecule has 1 aromatic heterocycles. The molecule has 158 valence electrons. The molecule has 3 aromatic rings. The van der Waals surface area contributed by atoms with E-state index in [0.29, 0.717) is 30.6 Å². The Morgan fingerprint density at radius 2 is 1.87 bits per heavy atom. The average molecular weight is 432 g/mol. The Morgan fingerprint density at radius 1 is 1.13 bits per heavy atom. The third kappa shape index (κ3) is 4.35. The number of nitrogens with one attached hydrogen (secondary N) is 1. The van der Waals surface area contributed by atoms with Gasteiger partial charge < -0.3 is 14.6 Å². The Labute approximate surface area is 173 Å². The number of hydrogen-bond donors (Lipinski definition) is 1. The van der Waals surface area contributed by atoms with Gasteiger partial charge in [0.2, 0.25) is 21.7 Å².